The lowest BCUT2D eigenvalue weighted by Crippen LogP contribution is -2.55. The van der Waals surface area contributed by atoms with E-state index in [2.05, 4.69) is 4.90 Å². The van der Waals surface area contributed by atoms with Crippen LogP contribution in [0.15, 0.2) is 18.2 Å². The minimum absolute atomic E-state index is 0.0140. The second-order valence-electron chi connectivity index (χ2n) is 12.0. The first-order chi connectivity index (χ1) is 21.7. The number of benzene rings is 2. The molecule has 13 nitrogen and oxygen atoms in total. The van der Waals surface area contributed by atoms with Crippen LogP contribution in [0.4, 0.5) is 0 Å². The first kappa shape index (κ1) is 30.2. The van der Waals surface area contributed by atoms with Gasteiger partial charge in [0.15, 0.2) is 30.4 Å². The average molecular weight is 626 g/mol. The lowest BCUT2D eigenvalue weighted by atomic mass is 9.73. The Kier molecular flexibility index (Phi) is 7.68. The van der Waals surface area contributed by atoms with Gasteiger partial charge >= 0.3 is 0 Å². The molecule has 13 heteroatoms. The van der Waals surface area contributed by atoms with E-state index in [1.165, 1.54) is 19.2 Å². The van der Waals surface area contributed by atoms with Crippen LogP contribution in [0.1, 0.15) is 68.8 Å². The van der Waals surface area contributed by atoms with Crippen LogP contribution in [-0.4, -0.2) is 109 Å². The lowest BCUT2D eigenvalue weighted by molar-refractivity contribution is -0.254. The summed E-state index contributed by atoms with van der Waals surface area (Å²) in [5.74, 6) is -3.45. The zero-order valence-electron chi connectivity index (χ0n) is 25.1. The molecule has 3 fully saturated rings. The van der Waals surface area contributed by atoms with Gasteiger partial charge in [-0.05, 0) is 25.8 Å². The van der Waals surface area contributed by atoms with E-state index in [1.54, 1.807) is 13.2 Å². The number of ketones is 3. The minimum atomic E-state index is -1.02. The number of aromatic hydroxyl groups is 2. The zero-order chi connectivity index (χ0) is 31.7. The standard InChI is InChI=1S/C32H35NO12/c1-13-30-17(33-7-8-42-32(41-3)31(33)45-30)11-21(43-13)44-20-10-14(18(35)12-34)9-16-23(20)29(39)25-24(27(16)37)26(36)15-5-4-6-19(40-2)22(15)28(25)38/h4-6,13-14,17,20-21,30-32,34,37,39H,7-12H2,1-3H3/t13-,14+,17-,20-,21-,30+,31+,32-/m0/s1. The quantitative estimate of drug-likeness (QED) is 0.338. The van der Waals surface area contributed by atoms with Crippen molar-refractivity contribution in [2.24, 2.45) is 5.92 Å². The number of phenols is 2. The second kappa shape index (κ2) is 11.4. The SMILES string of the molecule is COc1cccc2c1C(=O)c1c(O)c3c(c(O)c1C2=O)C[C@@H](C(=O)CO)C[C@@H]3O[C@H]1C[C@H]2[C@H](O[C@@H]3[C@@H](OC)OCCN32)[C@H](C)O1. The summed E-state index contributed by atoms with van der Waals surface area (Å²) in [4.78, 5) is 42.5. The van der Waals surface area contributed by atoms with Crippen LogP contribution in [0.25, 0.3) is 0 Å². The monoisotopic (exact) mass is 625 g/mol. The largest absolute Gasteiger partial charge is 0.507 e. The molecule has 7 rings (SSSR count). The third kappa shape index (κ3) is 4.60. The van der Waals surface area contributed by atoms with Crippen molar-refractivity contribution < 1.29 is 58.1 Å². The number of fused-ring (bicyclic) bond motifs is 6. The highest BCUT2D eigenvalue weighted by atomic mass is 16.7. The van der Waals surface area contributed by atoms with Crippen molar-refractivity contribution in [2.75, 3.05) is 34.0 Å². The molecule has 2 aromatic rings. The predicted octanol–water partition coefficient (Wildman–Crippen LogP) is 1.60. The molecule has 0 spiro atoms. The fourth-order valence-corrected chi connectivity index (χ4v) is 7.67. The van der Waals surface area contributed by atoms with Crippen LogP contribution >= 0.6 is 0 Å². The number of methoxy groups -OCH3 is 2. The van der Waals surface area contributed by atoms with Crippen molar-refractivity contribution in [3.63, 3.8) is 0 Å². The van der Waals surface area contributed by atoms with Crippen LogP contribution in [0.5, 0.6) is 17.2 Å². The van der Waals surface area contributed by atoms with Gasteiger partial charge in [0.2, 0.25) is 5.78 Å². The van der Waals surface area contributed by atoms with Crippen molar-refractivity contribution in [1.82, 2.24) is 4.90 Å². The Bertz CT molecular complexity index is 1570. The molecule has 3 N–H and O–H groups in total. The summed E-state index contributed by atoms with van der Waals surface area (Å²) in [6.45, 7) is 2.22. The molecule has 0 radical (unpaired) electrons. The average Bonchev–Trinajstić information content (AvgIpc) is 3.43. The Morgan fingerprint density at radius 2 is 1.82 bits per heavy atom. The number of hydrogen-bond acceptors (Lipinski definition) is 13. The Morgan fingerprint density at radius 3 is 2.56 bits per heavy atom. The van der Waals surface area contributed by atoms with Crippen molar-refractivity contribution in [2.45, 2.75) is 69.3 Å². The van der Waals surface area contributed by atoms with Gasteiger partial charge in [0.25, 0.3) is 0 Å². The molecule has 0 bridgehead atoms. The summed E-state index contributed by atoms with van der Waals surface area (Å²) in [5.41, 5.74) is -0.449. The molecule has 45 heavy (non-hydrogen) atoms. The number of nitrogens with zero attached hydrogens (tertiary/aromatic N) is 1. The number of ether oxygens (including phenoxy) is 6. The number of carbonyl (C=O) groups is 3. The van der Waals surface area contributed by atoms with Crippen LogP contribution in [0, 0.1) is 5.92 Å². The topological polar surface area (TPSA) is 171 Å². The Hall–Kier alpha value is -3.43. The van der Waals surface area contributed by atoms with E-state index in [1.807, 2.05) is 6.92 Å². The molecule has 240 valence electrons. The van der Waals surface area contributed by atoms with E-state index in [4.69, 9.17) is 28.4 Å². The van der Waals surface area contributed by atoms with Gasteiger partial charge in [-0.15, -0.1) is 0 Å². The molecule has 0 aromatic heterocycles. The Morgan fingerprint density at radius 1 is 1.04 bits per heavy atom. The van der Waals surface area contributed by atoms with Gasteiger partial charge in [-0.3, -0.25) is 19.3 Å². The van der Waals surface area contributed by atoms with Crippen molar-refractivity contribution >= 4 is 17.3 Å². The summed E-state index contributed by atoms with van der Waals surface area (Å²) < 4.78 is 35.6. The number of hydrogen-bond donors (Lipinski definition) is 3. The molecule has 0 amide bonds. The maximum atomic E-state index is 13.9. The summed E-state index contributed by atoms with van der Waals surface area (Å²) in [7, 11) is 2.93. The lowest BCUT2D eigenvalue weighted by Gasteiger charge is -2.42. The van der Waals surface area contributed by atoms with Gasteiger partial charge in [-0.25, -0.2) is 0 Å². The van der Waals surface area contributed by atoms with Gasteiger partial charge in [-0.2, -0.15) is 0 Å². The number of Topliss-reactive ketones (excluding diaryl/α,β-unsaturated/α-hetero) is 1. The maximum Gasteiger partial charge on any atom is 0.202 e. The Labute approximate surface area is 258 Å². The fraction of sp³-hybridized carbons (Fsp3) is 0.531. The molecular weight excluding hydrogens is 590 g/mol. The molecule has 0 unspecified atom stereocenters. The summed E-state index contributed by atoms with van der Waals surface area (Å²) in [6.07, 6.45) is -3.12. The molecular formula is C32H35NO12. The predicted molar refractivity (Wildman–Crippen MR) is 152 cm³/mol. The van der Waals surface area contributed by atoms with E-state index in [0.29, 0.717) is 19.6 Å². The van der Waals surface area contributed by atoms with Crippen LogP contribution in [0.2, 0.25) is 0 Å². The molecule has 2 aromatic carbocycles. The van der Waals surface area contributed by atoms with Crippen LogP contribution < -0.4 is 4.74 Å². The van der Waals surface area contributed by atoms with E-state index in [9.17, 15) is 29.7 Å². The summed E-state index contributed by atoms with van der Waals surface area (Å²) in [5, 5.41) is 33.0. The molecule has 3 heterocycles. The number of rotatable bonds is 6. The highest BCUT2D eigenvalue weighted by Gasteiger charge is 2.54. The number of aliphatic hydroxyl groups excluding tert-OH is 1. The van der Waals surface area contributed by atoms with Gasteiger partial charge in [0.1, 0.15) is 30.0 Å². The fourth-order valence-electron chi connectivity index (χ4n) is 7.67. The van der Waals surface area contributed by atoms with Gasteiger partial charge in [-0.1, -0.05) is 12.1 Å². The molecule has 3 saturated heterocycles. The van der Waals surface area contributed by atoms with Gasteiger partial charge < -0.3 is 43.7 Å². The first-order valence-electron chi connectivity index (χ1n) is 15.1. The van der Waals surface area contributed by atoms with E-state index in [-0.39, 0.29) is 64.1 Å². The van der Waals surface area contributed by atoms with E-state index in [0.717, 1.165) is 0 Å². The molecule has 2 aliphatic carbocycles. The highest BCUT2D eigenvalue weighted by Crippen LogP contribution is 2.52. The summed E-state index contributed by atoms with van der Waals surface area (Å²) >= 11 is 0. The molecule has 3 aliphatic heterocycles. The summed E-state index contributed by atoms with van der Waals surface area (Å²) in [6, 6.07) is 4.45. The third-order valence-electron chi connectivity index (χ3n) is 9.75. The van der Waals surface area contributed by atoms with Crippen molar-refractivity contribution in [1.29, 1.82) is 0 Å². The van der Waals surface area contributed by atoms with Crippen LogP contribution in [0.3, 0.4) is 0 Å². The third-order valence-corrected chi connectivity index (χ3v) is 9.75. The maximum absolute atomic E-state index is 13.9. The smallest absolute Gasteiger partial charge is 0.202 e. The van der Waals surface area contributed by atoms with Crippen molar-refractivity contribution in [3.05, 3.63) is 51.6 Å². The zero-order valence-corrected chi connectivity index (χ0v) is 25.1. The molecule has 0 saturated carbocycles. The number of aliphatic hydroxyl groups is 1. The Balaban J connectivity index is 1.27. The molecule has 8 atom stereocenters. The number of morpholine rings is 1. The second-order valence-corrected chi connectivity index (χ2v) is 12.0. The number of phenolic OH excluding ortho intramolecular Hbond substituents is 2. The van der Waals surface area contributed by atoms with Gasteiger partial charge in [0.05, 0.1) is 42.6 Å². The minimum Gasteiger partial charge on any atom is -0.507 e. The van der Waals surface area contributed by atoms with E-state index >= 15 is 0 Å². The van der Waals surface area contributed by atoms with E-state index < -0.39 is 72.4 Å². The number of carbonyl (C=O) groups excluding carboxylic acids is 3. The first-order valence-corrected chi connectivity index (χ1v) is 15.1. The van der Waals surface area contributed by atoms with Gasteiger partial charge in [0, 0.05) is 48.7 Å². The van der Waals surface area contributed by atoms with Crippen molar-refractivity contribution in [3.8, 4) is 17.2 Å². The normalized spacial score (nSPS) is 32.3. The van der Waals surface area contributed by atoms with Crippen LogP contribution in [-0.2, 0) is 34.9 Å². The molecule has 5 aliphatic rings. The highest BCUT2D eigenvalue weighted by molar-refractivity contribution is 6.31.